The van der Waals surface area contributed by atoms with Crippen molar-refractivity contribution >= 4 is 33.4 Å². The van der Waals surface area contributed by atoms with Crippen molar-refractivity contribution in [1.82, 2.24) is 15.6 Å². The van der Waals surface area contributed by atoms with E-state index >= 15 is 0 Å². The van der Waals surface area contributed by atoms with Crippen molar-refractivity contribution in [2.45, 2.75) is 69.0 Å². The lowest BCUT2D eigenvalue weighted by Crippen LogP contribution is -2.45. The van der Waals surface area contributed by atoms with Crippen molar-refractivity contribution in [1.29, 1.82) is 0 Å². The molecule has 1 saturated carbocycles. The number of carboxylic acid groups (broad SMARTS) is 1. The first-order valence-electron chi connectivity index (χ1n) is 13.5. The van der Waals surface area contributed by atoms with Crippen LogP contribution in [0.15, 0.2) is 41.4 Å². The number of aromatic nitrogens is 1. The van der Waals surface area contributed by atoms with Crippen LogP contribution in [0.5, 0.6) is 0 Å². The quantitative estimate of drug-likeness (QED) is 0.373. The van der Waals surface area contributed by atoms with Crippen LogP contribution in [0.3, 0.4) is 0 Å². The lowest BCUT2D eigenvalue weighted by atomic mass is 9.84. The topological polar surface area (TPSA) is 141 Å². The number of carbonyl (C=O) groups is 2. The van der Waals surface area contributed by atoms with E-state index in [-0.39, 0.29) is 22.5 Å². The van der Waals surface area contributed by atoms with Crippen molar-refractivity contribution in [3.63, 3.8) is 0 Å². The molecule has 2 aliphatic rings. The number of hydrogen-bond acceptors (Lipinski definition) is 7. The number of rotatable bonds is 7. The van der Waals surface area contributed by atoms with E-state index in [0.717, 1.165) is 39.0 Å². The van der Waals surface area contributed by atoms with E-state index in [1.54, 1.807) is 18.2 Å². The smallest absolute Gasteiger partial charge is 0.475 e. The molecular formula is C27H36F3N5O5S. The zero-order valence-corrected chi connectivity index (χ0v) is 23.8. The zero-order valence-electron chi connectivity index (χ0n) is 23.0. The van der Waals surface area contributed by atoms with Crippen LogP contribution in [0.25, 0.3) is 0 Å². The number of anilines is 2. The SMILES string of the molecule is CC(C)NC(=O)c1cc(NS(=O)(=O)c2ccc(C3CCCCC3)cc2)cnc1N1CCNCC1.O=C(O)C(F)(F)F. The van der Waals surface area contributed by atoms with Crippen LogP contribution in [0.2, 0.25) is 0 Å². The number of pyridine rings is 1. The highest BCUT2D eigenvalue weighted by Crippen LogP contribution is 2.33. The van der Waals surface area contributed by atoms with Gasteiger partial charge in [0.25, 0.3) is 15.9 Å². The maximum Gasteiger partial charge on any atom is 0.490 e. The molecule has 1 saturated heterocycles. The first-order chi connectivity index (χ1) is 19.3. The first kappa shape index (κ1) is 32.1. The Kier molecular flexibility index (Phi) is 11.0. The van der Waals surface area contributed by atoms with Gasteiger partial charge in [-0.1, -0.05) is 31.4 Å². The minimum Gasteiger partial charge on any atom is -0.475 e. The van der Waals surface area contributed by atoms with Crippen LogP contribution in [-0.4, -0.2) is 68.8 Å². The predicted molar refractivity (Wildman–Crippen MR) is 149 cm³/mol. The molecule has 226 valence electrons. The number of halogens is 3. The number of benzene rings is 1. The fraction of sp³-hybridized carbons (Fsp3) is 0.519. The van der Waals surface area contributed by atoms with Gasteiger partial charge >= 0.3 is 12.1 Å². The third-order valence-electron chi connectivity index (χ3n) is 6.71. The van der Waals surface area contributed by atoms with Crippen molar-refractivity contribution < 1.29 is 36.3 Å². The molecule has 0 radical (unpaired) electrons. The summed E-state index contributed by atoms with van der Waals surface area (Å²) in [7, 11) is -3.81. The zero-order chi connectivity index (χ0) is 30.2. The van der Waals surface area contributed by atoms with Gasteiger partial charge in [0.2, 0.25) is 0 Å². The Bertz CT molecular complexity index is 1290. The molecule has 1 aliphatic carbocycles. The third-order valence-corrected chi connectivity index (χ3v) is 8.11. The monoisotopic (exact) mass is 599 g/mol. The summed E-state index contributed by atoms with van der Waals surface area (Å²) in [6.07, 6.45) is 2.47. The number of piperazine rings is 1. The highest BCUT2D eigenvalue weighted by atomic mass is 32.2. The van der Waals surface area contributed by atoms with E-state index in [1.807, 2.05) is 30.9 Å². The fourth-order valence-electron chi connectivity index (χ4n) is 4.72. The Morgan fingerprint density at radius 2 is 1.66 bits per heavy atom. The second-order valence-electron chi connectivity index (χ2n) is 10.3. The largest absolute Gasteiger partial charge is 0.490 e. The molecule has 0 atom stereocenters. The molecule has 1 aliphatic heterocycles. The fourth-order valence-corrected chi connectivity index (χ4v) is 5.75. The molecule has 0 unspecified atom stereocenters. The minimum absolute atomic E-state index is 0.0496. The summed E-state index contributed by atoms with van der Waals surface area (Å²) >= 11 is 0. The van der Waals surface area contributed by atoms with Gasteiger partial charge in [0, 0.05) is 32.2 Å². The number of nitrogens with one attached hydrogen (secondary N) is 3. The average molecular weight is 600 g/mol. The Balaban J connectivity index is 0.000000587. The van der Waals surface area contributed by atoms with E-state index in [4.69, 9.17) is 9.90 Å². The first-order valence-corrected chi connectivity index (χ1v) is 15.0. The van der Waals surface area contributed by atoms with E-state index in [9.17, 15) is 26.4 Å². The summed E-state index contributed by atoms with van der Waals surface area (Å²) in [4.78, 5) is 28.6. The maximum absolute atomic E-state index is 13.1. The van der Waals surface area contributed by atoms with Crippen LogP contribution in [0, 0.1) is 0 Å². The van der Waals surface area contributed by atoms with Gasteiger partial charge in [-0.05, 0) is 56.4 Å². The Morgan fingerprint density at radius 1 is 1.07 bits per heavy atom. The molecule has 2 heterocycles. The van der Waals surface area contributed by atoms with E-state index in [0.29, 0.717) is 17.3 Å². The summed E-state index contributed by atoms with van der Waals surface area (Å²) in [5, 5.41) is 13.3. The van der Waals surface area contributed by atoms with E-state index < -0.39 is 22.2 Å². The van der Waals surface area contributed by atoms with Gasteiger partial charge in [-0.2, -0.15) is 13.2 Å². The molecule has 10 nitrogen and oxygen atoms in total. The molecule has 14 heteroatoms. The van der Waals surface area contributed by atoms with Gasteiger partial charge < -0.3 is 20.6 Å². The Hall–Kier alpha value is -3.39. The summed E-state index contributed by atoms with van der Waals surface area (Å²) in [6, 6.07) is 8.72. The standard InChI is InChI=1S/C25H35N5O3S.C2HF3O2/c1-18(2)28-25(31)23-16-21(17-27-24(23)30-14-12-26-13-15-30)29-34(32,33)22-10-8-20(9-11-22)19-6-4-3-5-7-19;3-2(4,5)1(6)7/h8-11,16-19,26,29H,3-7,12-15H2,1-2H3,(H,28,31);(H,6,7). The third kappa shape index (κ3) is 9.32. The summed E-state index contributed by atoms with van der Waals surface area (Å²) in [5.74, 6) is -1.94. The molecule has 4 rings (SSSR count). The maximum atomic E-state index is 13.1. The average Bonchev–Trinajstić information content (AvgIpc) is 2.93. The minimum atomic E-state index is -5.08. The van der Waals surface area contributed by atoms with Gasteiger partial charge in [0.1, 0.15) is 5.82 Å². The van der Waals surface area contributed by atoms with Crippen molar-refractivity contribution in [3.8, 4) is 0 Å². The number of carboxylic acids is 1. The second-order valence-corrected chi connectivity index (χ2v) is 12.0. The summed E-state index contributed by atoms with van der Waals surface area (Å²) < 4.78 is 60.5. The lowest BCUT2D eigenvalue weighted by molar-refractivity contribution is -0.192. The number of carbonyl (C=O) groups excluding carboxylic acids is 1. The van der Waals surface area contributed by atoms with E-state index in [1.165, 1.54) is 31.0 Å². The molecule has 2 fully saturated rings. The van der Waals surface area contributed by atoms with Gasteiger partial charge in [-0.15, -0.1) is 0 Å². The summed E-state index contributed by atoms with van der Waals surface area (Å²) in [6.45, 7) is 6.84. The van der Waals surface area contributed by atoms with Crippen molar-refractivity contribution in [2.75, 3.05) is 35.8 Å². The molecular weight excluding hydrogens is 563 g/mol. The van der Waals surface area contributed by atoms with Crippen LogP contribution in [0.4, 0.5) is 24.7 Å². The second kappa shape index (κ2) is 14.0. The number of aliphatic carboxylic acids is 1. The number of nitrogens with zero attached hydrogens (tertiary/aromatic N) is 2. The molecule has 4 N–H and O–H groups in total. The van der Waals surface area contributed by atoms with Gasteiger partial charge in [0.05, 0.1) is 22.3 Å². The molecule has 2 aromatic rings. The lowest BCUT2D eigenvalue weighted by Gasteiger charge is -2.30. The van der Waals surface area contributed by atoms with Crippen LogP contribution in [0.1, 0.15) is 67.8 Å². The van der Waals surface area contributed by atoms with Crippen LogP contribution >= 0.6 is 0 Å². The van der Waals surface area contributed by atoms with E-state index in [2.05, 4.69) is 20.3 Å². The van der Waals surface area contributed by atoms with Crippen LogP contribution < -0.4 is 20.3 Å². The Morgan fingerprint density at radius 3 is 2.20 bits per heavy atom. The Labute approximate surface area is 237 Å². The number of sulfonamides is 1. The molecule has 0 spiro atoms. The molecule has 1 aromatic heterocycles. The van der Waals surface area contributed by atoms with Crippen LogP contribution in [-0.2, 0) is 14.8 Å². The highest BCUT2D eigenvalue weighted by Gasteiger charge is 2.38. The van der Waals surface area contributed by atoms with Gasteiger partial charge in [-0.3, -0.25) is 9.52 Å². The summed E-state index contributed by atoms with van der Waals surface area (Å²) in [5.41, 5.74) is 1.83. The van der Waals surface area contributed by atoms with Crippen molar-refractivity contribution in [3.05, 3.63) is 47.7 Å². The molecule has 1 aromatic carbocycles. The molecule has 1 amide bonds. The number of alkyl halides is 3. The van der Waals surface area contributed by atoms with Gasteiger partial charge in [0.15, 0.2) is 0 Å². The normalized spacial score (nSPS) is 16.5. The van der Waals surface area contributed by atoms with Crippen molar-refractivity contribution in [2.24, 2.45) is 0 Å². The molecule has 0 bridgehead atoms. The molecule has 41 heavy (non-hydrogen) atoms. The predicted octanol–water partition coefficient (Wildman–Crippen LogP) is 4.11. The number of hydrogen-bond donors (Lipinski definition) is 4. The van der Waals surface area contributed by atoms with Gasteiger partial charge in [-0.25, -0.2) is 18.2 Å². The number of amides is 1. The highest BCUT2D eigenvalue weighted by molar-refractivity contribution is 7.92.